The van der Waals surface area contributed by atoms with Crippen molar-refractivity contribution >= 4 is 12.2 Å². The molecule has 0 aliphatic rings. The summed E-state index contributed by atoms with van der Waals surface area (Å²) >= 11 is 0. The second-order valence-electron chi connectivity index (χ2n) is 4.02. The lowest BCUT2D eigenvalue weighted by Gasteiger charge is -2.07. The van der Waals surface area contributed by atoms with Gasteiger partial charge in [-0.3, -0.25) is 9.78 Å². The van der Waals surface area contributed by atoms with E-state index in [0.717, 1.165) is 0 Å². The predicted octanol–water partition coefficient (Wildman–Crippen LogP) is 2.13. The molecule has 1 heterocycles. The van der Waals surface area contributed by atoms with E-state index in [1.807, 2.05) is 0 Å². The molecule has 0 amide bonds. The maximum atomic E-state index is 12.2. The van der Waals surface area contributed by atoms with Gasteiger partial charge in [0.1, 0.15) is 5.75 Å². The van der Waals surface area contributed by atoms with E-state index in [0.29, 0.717) is 11.3 Å². The number of hydrazone groups is 1. The lowest BCUT2D eigenvalue weighted by atomic mass is 10.2. The van der Waals surface area contributed by atoms with Gasteiger partial charge in [-0.25, -0.2) is 10.4 Å². The lowest BCUT2D eigenvalue weighted by molar-refractivity contribution is -0.0499. The highest BCUT2D eigenvalue weighted by Gasteiger charge is 2.07. The van der Waals surface area contributed by atoms with Crippen LogP contribution < -0.4 is 15.7 Å². The van der Waals surface area contributed by atoms with Gasteiger partial charge in [0.15, 0.2) is 0 Å². The highest BCUT2D eigenvalue weighted by molar-refractivity contribution is 5.83. The van der Waals surface area contributed by atoms with Crippen LogP contribution in [0, 0.1) is 6.92 Å². The van der Waals surface area contributed by atoms with Gasteiger partial charge in [0.05, 0.1) is 6.21 Å². The Morgan fingerprint density at radius 3 is 2.90 bits per heavy atom. The number of alkyl halides is 2. The van der Waals surface area contributed by atoms with Gasteiger partial charge < -0.3 is 4.74 Å². The van der Waals surface area contributed by atoms with Gasteiger partial charge >= 0.3 is 6.61 Å². The minimum atomic E-state index is -2.91. The number of benzene rings is 1. The summed E-state index contributed by atoms with van der Waals surface area (Å²) in [7, 11) is 0. The number of halogens is 2. The summed E-state index contributed by atoms with van der Waals surface area (Å²) in [5.74, 6) is 0.159. The number of para-hydroxylation sites is 1. The van der Waals surface area contributed by atoms with Crippen LogP contribution in [0.25, 0.3) is 0 Å². The molecule has 2 N–H and O–H groups in total. The van der Waals surface area contributed by atoms with Gasteiger partial charge in [-0.2, -0.15) is 13.9 Å². The van der Waals surface area contributed by atoms with Crippen LogP contribution in [0.4, 0.5) is 14.7 Å². The Labute approximate surface area is 118 Å². The first kappa shape index (κ1) is 14.6. The van der Waals surface area contributed by atoms with E-state index in [1.54, 1.807) is 25.1 Å². The Bertz CT molecular complexity index is 701. The number of aryl methyl sites for hydroxylation is 1. The van der Waals surface area contributed by atoms with Gasteiger partial charge in [0.2, 0.25) is 5.95 Å². The fraction of sp³-hybridized carbons (Fsp3) is 0.154. The van der Waals surface area contributed by atoms with Crippen LogP contribution in [0.2, 0.25) is 0 Å². The quantitative estimate of drug-likeness (QED) is 0.654. The topological polar surface area (TPSA) is 79.4 Å². The summed E-state index contributed by atoms with van der Waals surface area (Å²) in [6, 6.07) is 7.53. The van der Waals surface area contributed by atoms with Crippen LogP contribution in [0.15, 0.2) is 40.2 Å². The third kappa shape index (κ3) is 4.37. The van der Waals surface area contributed by atoms with E-state index in [9.17, 15) is 13.6 Å². The van der Waals surface area contributed by atoms with Crippen molar-refractivity contribution in [3.05, 3.63) is 51.9 Å². The molecule has 0 saturated heterocycles. The van der Waals surface area contributed by atoms with Crippen molar-refractivity contribution in [1.29, 1.82) is 0 Å². The van der Waals surface area contributed by atoms with Crippen LogP contribution in [0.1, 0.15) is 11.3 Å². The number of aromatic nitrogens is 2. The molecule has 0 radical (unpaired) electrons. The number of nitrogens with zero attached hydrogens (tertiary/aromatic N) is 2. The summed E-state index contributed by atoms with van der Waals surface area (Å²) in [6.45, 7) is -1.25. The summed E-state index contributed by atoms with van der Waals surface area (Å²) in [4.78, 5) is 17.7. The van der Waals surface area contributed by atoms with Crippen molar-refractivity contribution < 1.29 is 13.5 Å². The molecule has 21 heavy (non-hydrogen) atoms. The number of anilines is 1. The average molecular weight is 294 g/mol. The maximum Gasteiger partial charge on any atom is 0.387 e. The molecule has 8 heteroatoms. The zero-order valence-electron chi connectivity index (χ0n) is 11.0. The number of hydrogen-bond acceptors (Lipinski definition) is 5. The van der Waals surface area contributed by atoms with Crippen LogP contribution in [0.5, 0.6) is 5.75 Å². The summed E-state index contributed by atoms with van der Waals surface area (Å²) in [5.41, 5.74) is 3.08. The highest BCUT2D eigenvalue weighted by Crippen LogP contribution is 2.18. The highest BCUT2D eigenvalue weighted by atomic mass is 19.3. The third-order valence-electron chi connectivity index (χ3n) is 2.38. The Hall–Kier alpha value is -2.77. The number of H-pyrrole nitrogens is 1. The third-order valence-corrected chi connectivity index (χ3v) is 2.38. The molecule has 0 fully saturated rings. The van der Waals surface area contributed by atoms with E-state index in [-0.39, 0.29) is 17.3 Å². The second-order valence-corrected chi connectivity index (χ2v) is 4.02. The molecular formula is C13H12F2N4O2. The largest absolute Gasteiger partial charge is 0.434 e. The minimum absolute atomic E-state index is 0.00347. The molecule has 1 aromatic heterocycles. The van der Waals surface area contributed by atoms with Gasteiger partial charge in [0.25, 0.3) is 5.56 Å². The van der Waals surface area contributed by atoms with E-state index in [4.69, 9.17) is 0 Å². The smallest absolute Gasteiger partial charge is 0.387 e. The van der Waals surface area contributed by atoms with Crippen LogP contribution in [0.3, 0.4) is 0 Å². The monoisotopic (exact) mass is 294 g/mol. The SMILES string of the molecule is Cc1cc(=O)[nH]c(N/N=C/c2ccccc2OC(F)F)n1. The molecule has 0 spiro atoms. The molecule has 1 aromatic carbocycles. The molecule has 6 nitrogen and oxygen atoms in total. The summed E-state index contributed by atoms with van der Waals surface area (Å²) < 4.78 is 28.8. The van der Waals surface area contributed by atoms with Crippen molar-refractivity contribution in [3.8, 4) is 5.75 Å². The summed E-state index contributed by atoms with van der Waals surface area (Å²) in [5, 5.41) is 3.83. The zero-order chi connectivity index (χ0) is 15.2. The van der Waals surface area contributed by atoms with Crippen molar-refractivity contribution in [1.82, 2.24) is 9.97 Å². The first-order chi connectivity index (χ1) is 10.0. The average Bonchev–Trinajstić information content (AvgIpc) is 2.39. The lowest BCUT2D eigenvalue weighted by Crippen LogP contribution is -2.10. The van der Waals surface area contributed by atoms with E-state index in [1.165, 1.54) is 18.3 Å². The number of aromatic amines is 1. The molecule has 110 valence electrons. The molecular weight excluding hydrogens is 282 g/mol. The summed E-state index contributed by atoms with van der Waals surface area (Å²) in [6.07, 6.45) is 1.29. The fourth-order valence-corrected chi connectivity index (χ4v) is 1.59. The van der Waals surface area contributed by atoms with Crippen LogP contribution >= 0.6 is 0 Å². The molecule has 2 aromatic rings. The first-order valence-corrected chi connectivity index (χ1v) is 5.95. The zero-order valence-corrected chi connectivity index (χ0v) is 11.0. The van der Waals surface area contributed by atoms with Gasteiger partial charge in [-0.05, 0) is 19.1 Å². The molecule has 0 saturated carbocycles. The Morgan fingerprint density at radius 2 is 2.19 bits per heavy atom. The number of ether oxygens (including phenoxy) is 1. The normalized spacial score (nSPS) is 11.0. The Morgan fingerprint density at radius 1 is 1.43 bits per heavy atom. The van der Waals surface area contributed by atoms with Gasteiger partial charge in [0, 0.05) is 17.3 Å². The van der Waals surface area contributed by atoms with Crippen LogP contribution in [-0.4, -0.2) is 22.8 Å². The first-order valence-electron chi connectivity index (χ1n) is 5.95. The minimum Gasteiger partial charge on any atom is -0.434 e. The van der Waals surface area contributed by atoms with Crippen LogP contribution in [-0.2, 0) is 0 Å². The van der Waals surface area contributed by atoms with Crippen molar-refractivity contribution in [3.63, 3.8) is 0 Å². The number of rotatable bonds is 5. The molecule has 0 aliphatic heterocycles. The van der Waals surface area contributed by atoms with E-state index >= 15 is 0 Å². The molecule has 0 bridgehead atoms. The van der Waals surface area contributed by atoms with Gasteiger partial charge in [-0.1, -0.05) is 12.1 Å². The molecule has 0 aliphatic carbocycles. The number of hydrogen-bond donors (Lipinski definition) is 2. The Kier molecular flexibility index (Phi) is 4.60. The fourth-order valence-electron chi connectivity index (χ4n) is 1.59. The predicted molar refractivity (Wildman–Crippen MR) is 73.9 cm³/mol. The van der Waals surface area contributed by atoms with Crippen molar-refractivity contribution in [2.45, 2.75) is 13.5 Å². The number of nitrogens with one attached hydrogen (secondary N) is 2. The van der Waals surface area contributed by atoms with E-state index in [2.05, 4.69) is 25.2 Å². The van der Waals surface area contributed by atoms with E-state index < -0.39 is 6.61 Å². The molecule has 0 atom stereocenters. The van der Waals surface area contributed by atoms with Crippen molar-refractivity contribution in [2.75, 3.05) is 5.43 Å². The molecule has 0 unspecified atom stereocenters. The Balaban J connectivity index is 2.12. The van der Waals surface area contributed by atoms with Crippen molar-refractivity contribution in [2.24, 2.45) is 5.10 Å². The van der Waals surface area contributed by atoms with Gasteiger partial charge in [-0.15, -0.1) is 0 Å². The maximum absolute atomic E-state index is 12.2. The standard InChI is InChI=1S/C13H12F2N4O2/c1-8-6-11(20)18-13(17-8)19-16-7-9-4-2-3-5-10(9)21-12(14)15/h2-7,12H,1H3,(H2,17,18,19,20)/b16-7+. The molecule has 2 rings (SSSR count). The second kappa shape index (κ2) is 6.60.